The number of allylic oxidation sites excluding steroid dienone is 14. The lowest BCUT2D eigenvalue weighted by Crippen LogP contribution is -2.61. The highest BCUT2D eigenvalue weighted by atomic mass is 16.7. The number of hydrogen-bond acceptors (Lipinski definition) is 11. The van der Waals surface area contributed by atoms with E-state index in [1.165, 1.54) is 25.7 Å². The van der Waals surface area contributed by atoms with Crippen molar-refractivity contribution in [3.05, 3.63) is 85.1 Å². The smallest absolute Gasteiger partial charge is 0.335 e. The summed E-state index contributed by atoms with van der Waals surface area (Å²) in [5, 5.41) is 31.3. The molecule has 1 rings (SSSR count). The first-order chi connectivity index (χ1) is 33.6. The number of aliphatic carboxylic acids is 1. The number of rotatable bonds is 43. The number of carboxylic acid groups (broad SMARTS) is 1. The van der Waals surface area contributed by atoms with Gasteiger partial charge in [0.05, 0.1) is 6.61 Å². The van der Waals surface area contributed by atoms with Crippen LogP contribution in [0.4, 0.5) is 0 Å². The number of aliphatic hydroxyl groups is 2. The number of esters is 3. The van der Waals surface area contributed by atoms with Crippen LogP contribution in [0.2, 0.25) is 0 Å². The SMILES string of the molecule is CC/C=C\C/C=C\C/C=C\C/C=C\CCC(=O)OC1C(OCC(COC(=O)CCCCCCC/C=C\C/C=C\CCC)OC(=O)CCCCCCC/C=C\CCCCCC)OC(C(=O)O)C(O)C1O. The van der Waals surface area contributed by atoms with Crippen molar-refractivity contribution in [3.63, 3.8) is 0 Å². The van der Waals surface area contributed by atoms with Crippen molar-refractivity contribution in [1.82, 2.24) is 0 Å². The topological polar surface area (TPSA) is 175 Å². The van der Waals surface area contributed by atoms with Gasteiger partial charge in [-0.15, -0.1) is 0 Å². The van der Waals surface area contributed by atoms with Crippen LogP contribution in [0.25, 0.3) is 0 Å². The minimum Gasteiger partial charge on any atom is -0.479 e. The van der Waals surface area contributed by atoms with E-state index in [-0.39, 0.29) is 25.9 Å². The second-order valence-electron chi connectivity index (χ2n) is 17.8. The van der Waals surface area contributed by atoms with E-state index in [9.17, 15) is 34.5 Å². The fourth-order valence-corrected chi connectivity index (χ4v) is 7.35. The van der Waals surface area contributed by atoms with E-state index in [0.29, 0.717) is 25.7 Å². The average molecular weight is 969 g/mol. The predicted molar refractivity (Wildman–Crippen MR) is 275 cm³/mol. The number of ether oxygens (including phenoxy) is 5. The summed E-state index contributed by atoms with van der Waals surface area (Å²) in [6, 6.07) is 0. The first kappa shape index (κ1) is 62.9. The summed E-state index contributed by atoms with van der Waals surface area (Å²) in [5.74, 6) is -3.27. The van der Waals surface area contributed by atoms with E-state index in [0.717, 1.165) is 109 Å². The summed E-state index contributed by atoms with van der Waals surface area (Å²) in [6.07, 6.45) is 44.4. The molecule has 0 aliphatic carbocycles. The lowest BCUT2D eigenvalue weighted by Gasteiger charge is -2.40. The van der Waals surface area contributed by atoms with Crippen LogP contribution in [-0.2, 0) is 42.9 Å². The molecule has 0 aromatic rings. The van der Waals surface area contributed by atoms with E-state index in [2.05, 4.69) is 87.6 Å². The Labute approximate surface area is 416 Å². The van der Waals surface area contributed by atoms with E-state index in [4.69, 9.17) is 23.7 Å². The number of unbranched alkanes of at least 4 members (excludes halogenated alkanes) is 15. The number of aliphatic hydroxyl groups excluding tert-OH is 2. The van der Waals surface area contributed by atoms with Gasteiger partial charge in [0, 0.05) is 19.3 Å². The number of carboxylic acids is 1. The maximum atomic E-state index is 13.1. The maximum absolute atomic E-state index is 13.1. The van der Waals surface area contributed by atoms with E-state index >= 15 is 0 Å². The molecule has 1 heterocycles. The van der Waals surface area contributed by atoms with Gasteiger partial charge >= 0.3 is 23.9 Å². The molecule has 0 aromatic heterocycles. The molecule has 392 valence electrons. The van der Waals surface area contributed by atoms with Gasteiger partial charge in [-0.3, -0.25) is 14.4 Å². The Kier molecular flexibility index (Phi) is 41.1. The molecule has 12 nitrogen and oxygen atoms in total. The monoisotopic (exact) mass is 969 g/mol. The van der Waals surface area contributed by atoms with Crippen LogP contribution < -0.4 is 0 Å². The number of carbonyl (C=O) groups is 4. The number of hydrogen-bond donors (Lipinski definition) is 3. The van der Waals surface area contributed by atoms with Crippen molar-refractivity contribution in [2.75, 3.05) is 13.2 Å². The van der Waals surface area contributed by atoms with Gasteiger partial charge in [-0.2, -0.15) is 0 Å². The largest absolute Gasteiger partial charge is 0.479 e. The van der Waals surface area contributed by atoms with Crippen LogP contribution in [0.3, 0.4) is 0 Å². The Hall–Kier alpha value is -4.10. The van der Waals surface area contributed by atoms with Crippen LogP contribution in [0.5, 0.6) is 0 Å². The molecule has 0 aromatic carbocycles. The third-order valence-electron chi connectivity index (χ3n) is 11.4. The standard InChI is InChI=1S/C57H92O12/c1-4-7-10-13-16-19-22-25-28-31-34-37-40-43-49(58)65-46-48(67-50(59)44-41-38-35-32-29-26-23-20-17-14-11-8-5-2)47-66-57-55(53(62)52(61)54(69-57)56(63)64)68-51(60)45-42-39-36-33-30-27-24-21-18-15-12-9-6-3/h9-10,12-13,18-23,27,30,36,39,48,52-55,57,61-62H,4-8,11,14-17,24-26,28-29,31-35,37-38,40-47H2,1-3H3,(H,63,64)/b12-9-,13-10-,21-18-,22-19-,23-20-,30-27-,39-36-. The van der Waals surface area contributed by atoms with Crippen molar-refractivity contribution in [3.8, 4) is 0 Å². The van der Waals surface area contributed by atoms with Gasteiger partial charge in [0.1, 0.15) is 18.8 Å². The summed E-state index contributed by atoms with van der Waals surface area (Å²) < 4.78 is 28.2. The Bertz CT molecular complexity index is 1530. The van der Waals surface area contributed by atoms with Crippen LogP contribution >= 0.6 is 0 Å². The molecule has 0 radical (unpaired) electrons. The zero-order valence-corrected chi connectivity index (χ0v) is 42.8. The maximum Gasteiger partial charge on any atom is 0.335 e. The summed E-state index contributed by atoms with van der Waals surface area (Å²) in [4.78, 5) is 50.8. The molecule has 0 saturated carbocycles. The van der Waals surface area contributed by atoms with Crippen LogP contribution in [-0.4, -0.2) is 89.2 Å². The zero-order valence-electron chi connectivity index (χ0n) is 42.8. The Morgan fingerprint density at radius 2 is 0.971 bits per heavy atom. The van der Waals surface area contributed by atoms with Crippen molar-refractivity contribution in [2.24, 2.45) is 0 Å². The fourth-order valence-electron chi connectivity index (χ4n) is 7.35. The first-order valence-corrected chi connectivity index (χ1v) is 26.6. The third kappa shape index (κ3) is 35.6. The fraction of sp³-hybridized carbons (Fsp3) is 0.684. The lowest BCUT2D eigenvalue weighted by molar-refractivity contribution is -0.301. The highest BCUT2D eigenvalue weighted by Gasteiger charge is 2.50. The molecular formula is C57H92O12. The summed E-state index contributed by atoms with van der Waals surface area (Å²) >= 11 is 0. The minimum atomic E-state index is -1.93. The van der Waals surface area contributed by atoms with Gasteiger partial charge in [0.25, 0.3) is 0 Å². The van der Waals surface area contributed by atoms with Gasteiger partial charge in [0.15, 0.2) is 24.6 Å². The quantitative estimate of drug-likeness (QED) is 0.0229. The van der Waals surface area contributed by atoms with Gasteiger partial charge in [-0.05, 0) is 96.3 Å². The Morgan fingerprint density at radius 3 is 1.52 bits per heavy atom. The van der Waals surface area contributed by atoms with Crippen molar-refractivity contribution >= 4 is 23.9 Å². The van der Waals surface area contributed by atoms with Gasteiger partial charge in [-0.1, -0.05) is 170 Å². The predicted octanol–water partition coefficient (Wildman–Crippen LogP) is 12.8. The zero-order chi connectivity index (χ0) is 50.4. The molecule has 12 heteroatoms. The molecule has 0 amide bonds. The summed E-state index contributed by atoms with van der Waals surface area (Å²) in [7, 11) is 0. The normalized spacial score (nSPS) is 19.3. The average Bonchev–Trinajstić information content (AvgIpc) is 3.33. The van der Waals surface area contributed by atoms with Gasteiger partial charge in [0.2, 0.25) is 0 Å². The first-order valence-electron chi connectivity index (χ1n) is 26.6. The van der Waals surface area contributed by atoms with Crippen molar-refractivity contribution in [2.45, 2.75) is 237 Å². The van der Waals surface area contributed by atoms with Crippen molar-refractivity contribution < 1.29 is 58.2 Å². The molecule has 3 N–H and O–H groups in total. The molecule has 6 atom stereocenters. The molecule has 1 fully saturated rings. The van der Waals surface area contributed by atoms with Crippen LogP contribution in [0, 0.1) is 0 Å². The third-order valence-corrected chi connectivity index (χ3v) is 11.4. The van der Waals surface area contributed by atoms with Crippen LogP contribution in [0.15, 0.2) is 85.1 Å². The van der Waals surface area contributed by atoms with E-state index in [1.54, 1.807) is 0 Å². The molecule has 1 aliphatic heterocycles. The lowest BCUT2D eigenvalue weighted by atomic mass is 9.98. The van der Waals surface area contributed by atoms with E-state index < -0.39 is 67.3 Å². The van der Waals surface area contributed by atoms with E-state index in [1.807, 2.05) is 18.2 Å². The highest BCUT2D eigenvalue weighted by Crippen LogP contribution is 2.26. The summed E-state index contributed by atoms with van der Waals surface area (Å²) in [5.41, 5.74) is 0. The Balaban J connectivity index is 2.79. The van der Waals surface area contributed by atoms with Crippen molar-refractivity contribution in [1.29, 1.82) is 0 Å². The molecule has 0 spiro atoms. The molecule has 1 aliphatic rings. The van der Waals surface area contributed by atoms with Gasteiger partial charge < -0.3 is 39.0 Å². The molecule has 1 saturated heterocycles. The Morgan fingerprint density at radius 1 is 0.493 bits per heavy atom. The van der Waals surface area contributed by atoms with Gasteiger partial charge in [-0.25, -0.2) is 4.79 Å². The second-order valence-corrected chi connectivity index (χ2v) is 17.8. The molecule has 6 unspecified atom stereocenters. The molecule has 0 bridgehead atoms. The molecule has 69 heavy (non-hydrogen) atoms. The number of carbonyl (C=O) groups excluding carboxylic acids is 3. The minimum absolute atomic E-state index is 0.0658. The van der Waals surface area contributed by atoms with Crippen LogP contribution in [0.1, 0.15) is 201 Å². The highest BCUT2D eigenvalue weighted by molar-refractivity contribution is 5.74. The molecular weight excluding hydrogens is 877 g/mol. The second kappa shape index (κ2) is 45.1. The summed E-state index contributed by atoms with van der Waals surface area (Å²) in [6.45, 7) is 5.71.